The Morgan fingerprint density at radius 1 is 1.10 bits per heavy atom. The van der Waals surface area contributed by atoms with Crippen molar-refractivity contribution >= 4 is 35.8 Å². The van der Waals surface area contributed by atoms with E-state index in [2.05, 4.69) is 17.6 Å². The minimum absolute atomic E-state index is 0. The zero-order chi connectivity index (χ0) is 21.8. The van der Waals surface area contributed by atoms with Gasteiger partial charge in [0.1, 0.15) is 0 Å². The van der Waals surface area contributed by atoms with E-state index in [0.717, 1.165) is 56.3 Å². The molecule has 1 aromatic rings. The topological polar surface area (TPSA) is 66.0 Å². The molecule has 1 fully saturated rings. The highest BCUT2D eigenvalue weighted by molar-refractivity contribution is 14.0. The van der Waals surface area contributed by atoms with Crippen molar-refractivity contribution in [3.8, 4) is 0 Å². The fourth-order valence-corrected chi connectivity index (χ4v) is 4.19. The van der Waals surface area contributed by atoms with Crippen molar-refractivity contribution in [1.29, 1.82) is 0 Å². The Labute approximate surface area is 205 Å². The number of hydrogen-bond donors (Lipinski definition) is 2. The first kappa shape index (κ1) is 27.7. The Balaban J connectivity index is 0.00000480. The van der Waals surface area contributed by atoms with E-state index in [1.807, 2.05) is 43.0 Å². The highest BCUT2D eigenvalue weighted by Gasteiger charge is 2.33. The van der Waals surface area contributed by atoms with Crippen molar-refractivity contribution in [3.05, 3.63) is 35.4 Å². The van der Waals surface area contributed by atoms with Crippen molar-refractivity contribution in [2.45, 2.75) is 59.4 Å². The standard InChI is InChI=1S/C24H40N4O2.HI/c1-5-25-23(27-19-24(16-17-30-4)14-8-9-15-24)26-18-20-10-12-21(13-11-20)22(29)28(6-2)7-3;/h10-13H,5-9,14-19H2,1-4H3,(H2,25,26,27);1H. The molecule has 0 aromatic heterocycles. The minimum atomic E-state index is 0. The molecule has 1 amide bonds. The maximum Gasteiger partial charge on any atom is 0.253 e. The fraction of sp³-hybridized carbons (Fsp3) is 0.667. The van der Waals surface area contributed by atoms with Crippen molar-refractivity contribution in [3.63, 3.8) is 0 Å². The third-order valence-corrected chi connectivity index (χ3v) is 6.15. The second-order valence-electron chi connectivity index (χ2n) is 8.17. The average molecular weight is 545 g/mol. The predicted molar refractivity (Wildman–Crippen MR) is 139 cm³/mol. The van der Waals surface area contributed by atoms with E-state index in [4.69, 9.17) is 9.73 Å². The van der Waals surface area contributed by atoms with Crippen LogP contribution in [0.25, 0.3) is 0 Å². The molecule has 0 radical (unpaired) electrons. The molecule has 6 nitrogen and oxygen atoms in total. The van der Waals surface area contributed by atoms with Gasteiger partial charge < -0.3 is 20.3 Å². The maximum absolute atomic E-state index is 12.5. The summed E-state index contributed by atoms with van der Waals surface area (Å²) < 4.78 is 5.34. The van der Waals surface area contributed by atoms with Crippen molar-refractivity contribution in [2.24, 2.45) is 10.4 Å². The summed E-state index contributed by atoms with van der Waals surface area (Å²) in [6, 6.07) is 7.82. The van der Waals surface area contributed by atoms with Crippen LogP contribution in [0, 0.1) is 5.41 Å². The molecule has 0 saturated heterocycles. The SMILES string of the molecule is CCNC(=NCc1ccc(C(=O)N(CC)CC)cc1)NCC1(CCOC)CCCC1.I. The van der Waals surface area contributed by atoms with Crippen LogP contribution in [0.3, 0.4) is 0 Å². The van der Waals surface area contributed by atoms with Crippen LogP contribution in [0.4, 0.5) is 0 Å². The molecule has 1 saturated carbocycles. The molecule has 31 heavy (non-hydrogen) atoms. The lowest BCUT2D eigenvalue weighted by atomic mass is 9.83. The molecule has 0 atom stereocenters. The predicted octanol–water partition coefficient (Wildman–Crippen LogP) is 4.44. The van der Waals surface area contributed by atoms with E-state index in [-0.39, 0.29) is 29.9 Å². The Bertz CT molecular complexity index is 669. The van der Waals surface area contributed by atoms with Gasteiger partial charge in [0.05, 0.1) is 6.54 Å². The van der Waals surface area contributed by atoms with E-state index in [1.165, 1.54) is 25.7 Å². The first-order chi connectivity index (χ1) is 14.6. The van der Waals surface area contributed by atoms with Gasteiger partial charge in [0.25, 0.3) is 5.91 Å². The third-order valence-electron chi connectivity index (χ3n) is 6.15. The molecular weight excluding hydrogens is 503 g/mol. The molecule has 7 heteroatoms. The monoisotopic (exact) mass is 544 g/mol. The number of aliphatic imine (C=N–C) groups is 1. The number of carbonyl (C=O) groups is 1. The summed E-state index contributed by atoms with van der Waals surface area (Å²) in [5.74, 6) is 0.937. The summed E-state index contributed by atoms with van der Waals surface area (Å²) in [5, 5.41) is 6.92. The molecule has 1 aliphatic rings. The molecule has 0 heterocycles. The maximum atomic E-state index is 12.5. The number of amides is 1. The number of ether oxygens (including phenoxy) is 1. The van der Waals surface area contributed by atoms with E-state index in [0.29, 0.717) is 12.0 Å². The first-order valence-electron chi connectivity index (χ1n) is 11.5. The number of rotatable bonds is 11. The number of carbonyl (C=O) groups excluding carboxylic acids is 1. The quantitative estimate of drug-likeness (QED) is 0.246. The largest absolute Gasteiger partial charge is 0.385 e. The van der Waals surface area contributed by atoms with Gasteiger partial charge in [-0.15, -0.1) is 24.0 Å². The van der Waals surface area contributed by atoms with Crippen molar-refractivity contribution in [1.82, 2.24) is 15.5 Å². The summed E-state index contributed by atoms with van der Waals surface area (Å²) in [7, 11) is 1.78. The third kappa shape index (κ3) is 8.60. The number of halogens is 1. The summed E-state index contributed by atoms with van der Waals surface area (Å²) in [4.78, 5) is 19.1. The summed E-state index contributed by atoms with van der Waals surface area (Å²) in [6.07, 6.45) is 6.21. The number of nitrogens with zero attached hydrogens (tertiary/aromatic N) is 2. The minimum Gasteiger partial charge on any atom is -0.385 e. The molecular formula is C24H41IN4O2. The van der Waals surface area contributed by atoms with Crippen LogP contribution in [0.1, 0.15) is 68.8 Å². The van der Waals surface area contributed by atoms with Gasteiger partial charge in [-0.2, -0.15) is 0 Å². The molecule has 176 valence electrons. The van der Waals surface area contributed by atoms with E-state index in [1.54, 1.807) is 7.11 Å². The van der Waals surface area contributed by atoms with Gasteiger partial charge >= 0.3 is 0 Å². The zero-order valence-electron chi connectivity index (χ0n) is 19.7. The highest BCUT2D eigenvalue weighted by Crippen LogP contribution is 2.40. The second kappa shape index (κ2) is 14.7. The van der Waals surface area contributed by atoms with E-state index >= 15 is 0 Å². The Kier molecular flexibility index (Phi) is 13.1. The number of nitrogens with one attached hydrogen (secondary N) is 2. The Hall–Kier alpha value is -1.35. The van der Waals surface area contributed by atoms with Gasteiger partial charge in [-0.3, -0.25) is 4.79 Å². The Morgan fingerprint density at radius 3 is 2.29 bits per heavy atom. The molecule has 2 rings (SSSR count). The summed E-state index contributed by atoms with van der Waals surface area (Å²) >= 11 is 0. The summed E-state index contributed by atoms with van der Waals surface area (Å²) in [6.45, 7) is 10.7. The Morgan fingerprint density at radius 2 is 1.74 bits per heavy atom. The fourth-order valence-electron chi connectivity index (χ4n) is 4.19. The number of hydrogen-bond acceptors (Lipinski definition) is 3. The van der Waals surface area contributed by atoms with Crippen molar-refractivity contribution < 1.29 is 9.53 Å². The van der Waals surface area contributed by atoms with Crippen LogP contribution in [0.2, 0.25) is 0 Å². The van der Waals surface area contributed by atoms with Crippen LogP contribution >= 0.6 is 24.0 Å². The summed E-state index contributed by atoms with van der Waals surface area (Å²) in [5.41, 5.74) is 2.15. The molecule has 0 bridgehead atoms. The van der Waals surface area contributed by atoms with Gasteiger partial charge in [-0.25, -0.2) is 4.99 Å². The smallest absolute Gasteiger partial charge is 0.253 e. The van der Waals surface area contributed by atoms with Crippen LogP contribution in [0.15, 0.2) is 29.3 Å². The molecule has 2 N–H and O–H groups in total. The van der Waals surface area contributed by atoms with Crippen LogP contribution in [-0.2, 0) is 11.3 Å². The van der Waals surface area contributed by atoms with Gasteiger partial charge in [0, 0.05) is 45.5 Å². The van der Waals surface area contributed by atoms with Crippen molar-refractivity contribution in [2.75, 3.05) is 39.9 Å². The van der Waals surface area contributed by atoms with Crippen LogP contribution in [-0.4, -0.2) is 56.7 Å². The second-order valence-corrected chi connectivity index (χ2v) is 8.17. The molecule has 0 unspecified atom stereocenters. The normalized spacial score (nSPS) is 15.3. The lowest BCUT2D eigenvalue weighted by Gasteiger charge is -2.30. The van der Waals surface area contributed by atoms with Gasteiger partial charge in [0.2, 0.25) is 0 Å². The van der Waals surface area contributed by atoms with E-state index < -0.39 is 0 Å². The average Bonchev–Trinajstić information content (AvgIpc) is 3.24. The molecule has 1 aromatic carbocycles. The molecule has 1 aliphatic carbocycles. The van der Waals surface area contributed by atoms with Crippen LogP contribution < -0.4 is 10.6 Å². The first-order valence-corrected chi connectivity index (χ1v) is 11.5. The number of benzene rings is 1. The lowest BCUT2D eigenvalue weighted by molar-refractivity contribution is 0.0773. The van der Waals surface area contributed by atoms with Crippen LogP contribution in [0.5, 0.6) is 0 Å². The van der Waals surface area contributed by atoms with Gasteiger partial charge in [0.15, 0.2) is 5.96 Å². The molecule has 0 spiro atoms. The highest BCUT2D eigenvalue weighted by atomic mass is 127. The van der Waals surface area contributed by atoms with Gasteiger partial charge in [-0.05, 0) is 63.1 Å². The number of guanidine groups is 1. The van der Waals surface area contributed by atoms with E-state index in [9.17, 15) is 4.79 Å². The molecule has 0 aliphatic heterocycles. The zero-order valence-corrected chi connectivity index (χ0v) is 22.0. The number of methoxy groups -OCH3 is 1. The van der Waals surface area contributed by atoms with Gasteiger partial charge in [-0.1, -0.05) is 25.0 Å². The lowest BCUT2D eigenvalue weighted by Crippen LogP contribution is -2.43.